The Kier molecular flexibility index (Phi) is 4.17. The fourth-order valence-electron chi connectivity index (χ4n) is 1.71. The van der Waals surface area contributed by atoms with Crippen LogP contribution in [0.25, 0.3) is 0 Å². The maximum Gasteiger partial charge on any atom is 0.141 e. The fraction of sp³-hybridized carbons (Fsp3) is 0.400. The van der Waals surface area contributed by atoms with Crippen molar-refractivity contribution in [3.63, 3.8) is 0 Å². The first-order valence-corrected chi connectivity index (χ1v) is 4.81. The highest BCUT2D eigenvalue weighted by Crippen LogP contribution is 2.25. The SMILES string of the molecule is Cl.Fc1ccc(C2CCNC2)cc1Cl. The van der Waals surface area contributed by atoms with E-state index in [0.29, 0.717) is 5.92 Å². The Labute approximate surface area is 94.1 Å². The predicted octanol–water partition coefficient (Wildman–Crippen LogP) is 2.98. The minimum atomic E-state index is -0.337. The van der Waals surface area contributed by atoms with Crippen LogP contribution in [0.15, 0.2) is 18.2 Å². The molecule has 14 heavy (non-hydrogen) atoms. The number of hydrogen-bond donors (Lipinski definition) is 1. The summed E-state index contributed by atoms with van der Waals surface area (Å²) in [4.78, 5) is 0. The van der Waals surface area contributed by atoms with E-state index in [2.05, 4.69) is 5.32 Å². The molecule has 1 saturated heterocycles. The van der Waals surface area contributed by atoms with Gasteiger partial charge in [0.25, 0.3) is 0 Å². The third-order valence-corrected chi connectivity index (χ3v) is 2.77. The summed E-state index contributed by atoms with van der Waals surface area (Å²) in [5, 5.41) is 3.49. The van der Waals surface area contributed by atoms with Crippen molar-refractivity contribution in [2.24, 2.45) is 0 Å². The lowest BCUT2D eigenvalue weighted by atomic mass is 9.99. The van der Waals surface area contributed by atoms with E-state index in [4.69, 9.17) is 11.6 Å². The molecular formula is C10H12Cl2FN. The molecular weight excluding hydrogens is 224 g/mol. The normalized spacial score (nSPS) is 20.6. The second-order valence-electron chi connectivity index (χ2n) is 3.36. The molecule has 1 aromatic carbocycles. The van der Waals surface area contributed by atoms with Crippen LogP contribution in [0.2, 0.25) is 5.02 Å². The summed E-state index contributed by atoms with van der Waals surface area (Å²) >= 11 is 5.70. The number of benzene rings is 1. The van der Waals surface area contributed by atoms with Crippen molar-refractivity contribution in [2.75, 3.05) is 13.1 Å². The largest absolute Gasteiger partial charge is 0.316 e. The second-order valence-corrected chi connectivity index (χ2v) is 3.77. The second kappa shape index (κ2) is 4.96. The summed E-state index contributed by atoms with van der Waals surface area (Å²) in [5.41, 5.74) is 1.14. The van der Waals surface area contributed by atoms with Crippen LogP contribution in [0.3, 0.4) is 0 Å². The quantitative estimate of drug-likeness (QED) is 0.790. The molecule has 0 radical (unpaired) electrons. The molecule has 1 nitrogen and oxygen atoms in total. The fourth-order valence-corrected chi connectivity index (χ4v) is 1.89. The third-order valence-electron chi connectivity index (χ3n) is 2.48. The number of nitrogens with one attached hydrogen (secondary N) is 1. The van der Waals surface area contributed by atoms with Crippen molar-refractivity contribution in [3.05, 3.63) is 34.6 Å². The van der Waals surface area contributed by atoms with Gasteiger partial charge in [0, 0.05) is 6.54 Å². The molecule has 0 amide bonds. The number of hydrogen-bond acceptors (Lipinski definition) is 1. The zero-order valence-corrected chi connectivity index (χ0v) is 9.17. The summed E-state index contributed by atoms with van der Waals surface area (Å²) < 4.78 is 12.8. The van der Waals surface area contributed by atoms with Crippen LogP contribution < -0.4 is 5.32 Å². The van der Waals surface area contributed by atoms with Crippen LogP contribution in [0, 0.1) is 5.82 Å². The van der Waals surface area contributed by atoms with Gasteiger partial charge < -0.3 is 5.32 Å². The lowest BCUT2D eigenvalue weighted by molar-refractivity contribution is 0.626. The molecule has 0 aromatic heterocycles. The maximum absolute atomic E-state index is 12.8. The first kappa shape index (κ1) is 11.8. The smallest absolute Gasteiger partial charge is 0.141 e. The van der Waals surface area contributed by atoms with Gasteiger partial charge in [0.2, 0.25) is 0 Å². The topological polar surface area (TPSA) is 12.0 Å². The molecule has 1 atom stereocenters. The Bertz CT molecular complexity index is 311. The standard InChI is InChI=1S/C10H11ClFN.ClH/c11-9-5-7(1-2-10(9)12)8-3-4-13-6-8;/h1-2,5,8,13H,3-4,6H2;1H. The van der Waals surface area contributed by atoms with Crippen LogP contribution in [-0.4, -0.2) is 13.1 Å². The molecule has 1 aromatic rings. The highest BCUT2D eigenvalue weighted by atomic mass is 35.5. The Balaban J connectivity index is 0.000000980. The predicted molar refractivity (Wildman–Crippen MR) is 58.9 cm³/mol. The van der Waals surface area contributed by atoms with Gasteiger partial charge in [-0.25, -0.2) is 4.39 Å². The van der Waals surface area contributed by atoms with Crippen molar-refractivity contribution in [2.45, 2.75) is 12.3 Å². The van der Waals surface area contributed by atoms with Crippen molar-refractivity contribution >= 4 is 24.0 Å². The first-order valence-electron chi connectivity index (χ1n) is 4.43. The van der Waals surface area contributed by atoms with Crippen molar-refractivity contribution in [1.82, 2.24) is 5.32 Å². The Morgan fingerprint density at radius 1 is 1.43 bits per heavy atom. The molecule has 2 rings (SSSR count). The van der Waals surface area contributed by atoms with Crippen LogP contribution >= 0.6 is 24.0 Å². The van der Waals surface area contributed by atoms with Crippen LogP contribution in [0.4, 0.5) is 4.39 Å². The lowest BCUT2D eigenvalue weighted by Crippen LogP contribution is -2.07. The van der Waals surface area contributed by atoms with E-state index in [-0.39, 0.29) is 23.2 Å². The van der Waals surface area contributed by atoms with Crippen LogP contribution in [0.1, 0.15) is 17.9 Å². The van der Waals surface area contributed by atoms with Crippen molar-refractivity contribution in [1.29, 1.82) is 0 Å². The van der Waals surface area contributed by atoms with Crippen molar-refractivity contribution in [3.8, 4) is 0 Å². The molecule has 78 valence electrons. The summed E-state index contributed by atoms with van der Waals surface area (Å²) in [7, 11) is 0. The van der Waals surface area contributed by atoms with Gasteiger partial charge in [0.15, 0.2) is 0 Å². The van der Waals surface area contributed by atoms with Gasteiger partial charge >= 0.3 is 0 Å². The Morgan fingerprint density at radius 2 is 2.21 bits per heavy atom. The van der Waals surface area contributed by atoms with E-state index in [1.165, 1.54) is 6.07 Å². The molecule has 1 fully saturated rings. The highest BCUT2D eigenvalue weighted by Gasteiger charge is 2.17. The Morgan fingerprint density at radius 3 is 2.79 bits per heavy atom. The average Bonchev–Trinajstić information content (AvgIpc) is 2.62. The van der Waals surface area contributed by atoms with E-state index in [1.807, 2.05) is 6.07 Å². The molecule has 1 heterocycles. The lowest BCUT2D eigenvalue weighted by Gasteiger charge is -2.08. The van der Waals surface area contributed by atoms with Gasteiger partial charge in [-0.3, -0.25) is 0 Å². The minimum absolute atomic E-state index is 0. The molecule has 1 unspecified atom stereocenters. The summed E-state index contributed by atoms with van der Waals surface area (Å²) in [5.74, 6) is 0.162. The summed E-state index contributed by atoms with van der Waals surface area (Å²) in [6.45, 7) is 2.02. The van der Waals surface area contributed by atoms with Crippen LogP contribution in [-0.2, 0) is 0 Å². The van der Waals surface area contributed by atoms with Gasteiger partial charge in [-0.15, -0.1) is 12.4 Å². The molecule has 0 bridgehead atoms. The van der Waals surface area contributed by atoms with E-state index in [9.17, 15) is 4.39 Å². The van der Waals surface area contributed by atoms with Gasteiger partial charge in [-0.2, -0.15) is 0 Å². The van der Waals surface area contributed by atoms with Gasteiger partial charge in [-0.1, -0.05) is 17.7 Å². The molecule has 0 saturated carbocycles. The first-order chi connectivity index (χ1) is 6.27. The molecule has 1 aliphatic heterocycles. The minimum Gasteiger partial charge on any atom is -0.316 e. The Hall–Kier alpha value is -0.310. The highest BCUT2D eigenvalue weighted by molar-refractivity contribution is 6.30. The summed E-state index contributed by atoms with van der Waals surface area (Å²) in [6.07, 6.45) is 1.11. The van der Waals surface area contributed by atoms with E-state index in [0.717, 1.165) is 25.1 Å². The van der Waals surface area contributed by atoms with Gasteiger partial charge in [0.1, 0.15) is 5.82 Å². The van der Waals surface area contributed by atoms with E-state index in [1.54, 1.807) is 6.07 Å². The zero-order chi connectivity index (χ0) is 9.26. The molecule has 0 spiro atoms. The maximum atomic E-state index is 12.8. The van der Waals surface area contributed by atoms with E-state index >= 15 is 0 Å². The third kappa shape index (κ3) is 2.38. The molecule has 4 heteroatoms. The number of rotatable bonds is 1. The van der Waals surface area contributed by atoms with Gasteiger partial charge in [-0.05, 0) is 36.6 Å². The van der Waals surface area contributed by atoms with E-state index < -0.39 is 0 Å². The average molecular weight is 236 g/mol. The molecule has 0 aliphatic carbocycles. The van der Waals surface area contributed by atoms with Crippen LogP contribution in [0.5, 0.6) is 0 Å². The van der Waals surface area contributed by atoms with Crippen molar-refractivity contribution < 1.29 is 4.39 Å². The molecule has 1 N–H and O–H groups in total. The van der Waals surface area contributed by atoms with Gasteiger partial charge in [0.05, 0.1) is 5.02 Å². The summed E-state index contributed by atoms with van der Waals surface area (Å²) in [6, 6.07) is 4.99. The molecule has 1 aliphatic rings. The monoisotopic (exact) mass is 235 g/mol. The number of halogens is 3. The zero-order valence-electron chi connectivity index (χ0n) is 7.59.